The Labute approximate surface area is 128 Å². The molecule has 96 valence electrons. The van der Waals surface area contributed by atoms with Crippen LogP contribution in [-0.4, -0.2) is 9.97 Å². The van der Waals surface area contributed by atoms with Gasteiger partial charge in [-0.2, -0.15) is 0 Å². The molecule has 4 heteroatoms. The van der Waals surface area contributed by atoms with E-state index >= 15 is 0 Å². The van der Waals surface area contributed by atoms with Crippen LogP contribution in [-0.2, 0) is 0 Å². The Kier molecular flexibility index (Phi) is 3.23. The predicted molar refractivity (Wildman–Crippen MR) is 86.4 cm³/mol. The Balaban J connectivity index is 2.23. The zero-order valence-corrected chi connectivity index (χ0v) is 13.8. The van der Waals surface area contributed by atoms with Crippen molar-refractivity contribution in [3.63, 3.8) is 0 Å². The van der Waals surface area contributed by atoms with Gasteiger partial charge in [-0.3, -0.25) is 0 Å². The van der Waals surface area contributed by atoms with Crippen LogP contribution in [0.2, 0.25) is 0 Å². The Bertz CT molecular complexity index is 775. The summed E-state index contributed by atoms with van der Waals surface area (Å²) in [5, 5.41) is 0. The number of halogens is 2. The van der Waals surface area contributed by atoms with Gasteiger partial charge in [0.2, 0.25) is 0 Å². The molecule has 2 aromatic carbocycles. The van der Waals surface area contributed by atoms with Crippen molar-refractivity contribution in [1.82, 2.24) is 9.97 Å². The lowest BCUT2D eigenvalue weighted by Crippen LogP contribution is -1.85. The molecule has 1 aromatic heterocycles. The van der Waals surface area contributed by atoms with E-state index < -0.39 is 0 Å². The fourth-order valence-electron chi connectivity index (χ4n) is 2.27. The van der Waals surface area contributed by atoms with Crippen LogP contribution in [0.1, 0.15) is 11.1 Å². The first-order valence-corrected chi connectivity index (χ1v) is 7.55. The van der Waals surface area contributed by atoms with Gasteiger partial charge in [0.1, 0.15) is 5.82 Å². The molecule has 0 unspecified atom stereocenters. The molecule has 3 aromatic rings. The molecule has 0 aliphatic heterocycles. The van der Waals surface area contributed by atoms with Crippen LogP contribution in [0.5, 0.6) is 0 Å². The molecular weight excluding hydrogens is 368 g/mol. The number of fused-ring (bicyclic) bond motifs is 1. The standard InChI is InChI=1S/C15H12Br2N2/c1-8-5-10(16)3-4-12(8)15-18-13-7-11(17)6-9(2)14(13)19-15/h3-7H,1-2H3,(H,18,19). The van der Waals surface area contributed by atoms with Crippen LogP contribution in [0, 0.1) is 13.8 Å². The van der Waals surface area contributed by atoms with Crippen molar-refractivity contribution in [3.8, 4) is 11.4 Å². The highest BCUT2D eigenvalue weighted by Crippen LogP contribution is 2.28. The van der Waals surface area contributed by atoms with Crippen LogP contribution < -0.4 is 0 Å². The minimum atomic E-state index is 0.918. The Morgan fingerprint density at radius 3 is 2.42 bits per heavy atom. The molecule has 1 N–H and O–H groups in total. The van der Waals surface area contributed by atoms with Crippen molar-refractivity contribution in [2.24, 2.45) is 0 Å². The van der Waals surface area contributed by atoms with Crippen molar-refractivity contribution in [1.29, 1.82) is 0 Å². The van der Waals surface area contributed by atoms with Crippen molar-refractivity contribution < 1.29 is 0 Å². The van der Waals surface area contributed by atoms with Crippen LogP contribution >= 0.6 is 31.9 Å². The lowest BCUT2D eigenvalue weighted by Gasteiger charge is -2.02. The first-order valence-electron chi connectivity index (χ1n) is 5.97. The summed E-state index contributed by atoms with van der Waals surface area (Å²) < 4.78 is 2.16. The molecular formula is C15H12Br2N2. The van der Waals surface area contributed by atoms with Gasteiger partial charge >= 0.3 is 0 Å². The molecule has 0 amide bonds. The molecule has 2 nitrogen and oxygen atoms in total. The molecule has 3 rings (SSSR count). The average molecular weight is 380 g/mol. The highest BCUT2D eigenvalue weighted by atomic mass is 79.9. The predicted octanol–water partition coefficient (Wildman–Crippen LogP) is 5.37. The highest BCUT2D eigenvalue weighted by Gasteiger charge is 2.10. The highest BCUT2D eigenvalue weighted by molar-refractivity contribution is 9.10. The van der Waals surface area contributed by atoms with Gasteiger partial charge in [0, 0.05) is 14.5 Å². The van der Waals surface area contributed by atoms with Gasteiger partial charge in [-0.25, -0.2) is 4.98 Å². The second-order valence-corrected chi connectivity index (χ2v) is 6.49. The number of nitrogens with one attached hydrogen (secondary N) is 1. The number of H-pyrrole nitrogens is 1. The molecule has 19 heavy (non-hydrogen) atoms. The number of imidazole rings is 1. The molecule has 0 saturated heterocycles. The molecule has 1 heterocycles. The van der Waals surface area contributed by atoms with Crippen LogP contribution in [0.25, 0.3) is 22.4 Å². The minimum absolute atomic E-state index is 0.918. The van der Waals surface area contributed by atoms with Gasteiger partial charge in [0.15, 0.2) is 0 Å². The van der Waals surface area contributed by atoms with Gasteiger partial charge < -0.3 is 4.98 Å². The molecule has 0 saturated carbocycles. The van der Waals surface area contributed by atoms with Crippen LogP contribution in [0.15, 0.2) is 39.3 Å². The Hall–Kier alpha value is -1.13. The largest absolute Gasteiger partial charge is 0.338 e. The summed E-state index contributed by atoms with van der Waals surface area (Å²) in [7, 11) is 0. The summed E-state index contributed by atoms with van der Waals surface area (Å²) in [6.07, 6.45) is 0. The van der Waals surface area contributed by atoms with Crippen molar-refractivity contribution in [3.05, 3.63) is 50.4 Å². The van der Waals surface area contributed by atoms with E-state index in [1.165, 1.54) is 11.1 Å². The fraction of sp³-hybridized carbons (Fsp3) is 0.133. The number of hydrogen-bond donors (Lipinski definition) is 1. The van der Waals surface area contributed by atoms with Gasteiger partial charge in [-0.1, -0.05) is 31.9 Å². The lowest BCUT2D eigenvalue weighted by atomic mass is 10.1. The van der Waals surface area contributed by atoms with E-state index in [4.69, 9.17) is 4.98 Å². The van der Waals surface area contributed by atoms with Crippen LogP contribution in [0.4, 0.5) is 0 Å². The van der Waals surface area contributed by atoms with Gasteiger partial charge in [-0.15, -0.1) is 0 Å². The summed E-state index contributed by atoms with van der Waals surface area (Å²) in [5.74, 6) is 0.918. The van der Waals surface area contributed by atoms with E-state index in [1.807, 2.05) is 6.07 Å². The maximum Gasteiger partial charge on any atom is 0.138 e. The zero-order valence-electron chi connectivity index (χ0n) is 10.6. The van der Waals surface area contributed by atoms with Crippen molar-refractivity contribution >= 4 is 42.9 Å². The Morgan fingerprint density at radius 2 is 1.68 bits per heavy atom. The molecule has 0 radical (unpaired) electrons. The quantitative estimate of drug-likeness (QED) is 0.604. The maximum absolute atomic E-state index is 4.72. The third-order valence-electron chi connectivity index (χ3n) is 3.19. The van der Waals surface area contributed by atoms with Gasteiger partial charge in [0.05, 0.1) is 11.0 Å². The number of aromatic nitrogens is 2. The smallest absolute Gasteiger partial charge is 0.138 e. The number of aromatic amines is 1. The summed E-state index contributed by atoms with van der Waals surface area (Å²) in [6.45, 7) is 4.17. The molecule has 0 spiro atoms. The SMILES string of the molecule is Cc1cc(Br)ccc1-c1nc2c(C)cc(Br)cc2[nH]1. The first-order chi connectivity index (χ1) is 9.04. The van der Waals surface area contributed by atoms with E-state index in [0.29, 0.717) is 0 Å². The zero-order chi connectivity index (χ0) is 13.6. The Morgan fingerprint density at radius 1 is 0.947 bits per heavy atom. The van der Waals surface area contributed by atoms with E-state index in [1.54, 1.807) is 0 Å². The third-order valence-corrected chi connectivity index (χ3v) is 4.14. The maximum atomic E-state index is 4.72. The topological polar surface area (TPSA) is 28.7 Å². The van der Waals surface area contributed by atoms with Crippen LogP contribution in [0.3, 0.4) is 0 Å². The average Bonchev–Trinajstić information content (AvgIpc) is 2.72. The molecule has 0 atom stereocenters. The van der Waals surface area contributed by atoms with E-state index in [-0.39, 0.29) is 0 Å². The van der Waals surface area contributed by atoms with Crippen molar-refractivity contribution in [2.75, 3.05) is 0 Å². The number of rotatable bonds is 1. The van der Waals surface area contributed by atoms with Gasteiger partial charge in [0.25, 0.3) is 0 Å². The summed E-state index contributed by atoms with van der Waals surface area (Å²) in [5.41, 5.74) is 5.59. The molecule has 0 aliphatic rings. The monoisotopic (exact) mass is 378 g/mol. The second kappa shape index (κ2) is 4.76. The lowest BCUT2D eigenvalue weighted by molar-refractivity contribution is 1.30. The summed E-state index contributed by atoms with van der Waals surface area (Å²) >= 11 is 7.01. The second-order valence-electron chi connectivity index (χ2n) is 4.66. The van der Waals surface area contributed by atoms with E-state index in [0.717, 1.165) is 31.4 Å². The number of hydrogen-bond acceptors (Lipinski definition) is 1. The van der Waals surface area contributed by atoms with E-state index in [9.17, 15) is 0 Å². The fourth-order valence-corrected chi connectivity index (χ4v) is 3.31. The molecule has 0 aliphatic carbocycles. The normalized spacial score (nSPS) is 11.2. The third kappa shape index (κ3) is 2.35. The van der Waals surface area contributed by atoms with Gasteiger partial charge in [-0.05, 0) is 55.3 Å². The number of benzene rings is 2. The van der Waals surface area contributed by atoms with E-state index in [2.05, 4.69) is 75.0 Å². The molecule has 0 fully saturated rings. The number of aryl methyl sites for hydroxylation is 2. The summed E-state index contributed by atoms with van der Waals surface area (Å²) in [6, 6.07) is 10.4. The first kappa shape index (κ1) is 12.9. The van der Waals surface area contributed by atoms with Crippen molar-refractivity contribution in [2.45, 2.75) is 13.8 Å². The molecule has 0 bridgehead atoms. The number of nitrogens with zero attached hydrogens (tertiary/aromatic N) is 1. The minimum Gasteiger partial charge on any atom is -0.338 e. The summed E-state index contributed by atoms with van der Waals surface area (Å²) in [4.78, 5) is 8.12.